The monoisotopic (exact) mass is 306 g/mol. The molecule has 4 nitrogen and oxygen atoms in total. The summed E-state index contributed by atoms with van der Waals surface area (Å²) in [4.78, 5) is 26.0. The Balaban J connectivity index is 1.89. The van der Waals surface area contributed by atoms with Gasteiger partial charge in [-0.15, -0.1) is 0 Å². The highest BCUT2D eigenvalue weighted by atomic mass is 19.1. The minimum absolute atomic E-state index is 0.0130. The maximum atomic E-state index is 13.5. The quantitative estimate of drug-likeness (QED) is 0.933. The molecule has 2 rings (SSSR count). The molecule has 0 unspecified atom stereocenters. The average Bonchev–Trinajstić information content (AvgIpc) is 2.50. The summed E-state index contributed by atoms with van der Waals surface area (Å²) < 4.78 is 13.5. The number of hydrogen-bond donors (Lipinski definition) is 1. The van der Waals surface area contributed by atoms with Crippen LogP contribution in [0, 0.1) is 24.6 Å². The molecule has 1 aliphatic heterocycles. The Labute approximate surface area is 130 Å². The molecule has 0 spiro atoms. The zero-order chi connectivity index (χ0) is 16.3. The fourth-order valence-corrected chi connectivity index (χ4v) is 2.64. The second-order valence-corrected chi connectivity index (χ2v) is 6.21. The number of amides is 2. The Morgan fingerprint density at radius 2 is 1.91 bits per heavy atom. The lowest BCUT2D eigenvalue weighted by Crippen LogP contribution is -2.43. The van der Waals surface area contributed by atoms with Crippen LogP contribution < -0.4 is 5.32 Å². The van der Waals surface area contributed by atoms with Crippen LogP contribution in [0.25, 0.3) is 0 Å². The number of benzene rings is 1. The van der Waals surface area contributed by atoms with Crippen LogP contribution in [0.4, 0.5) is 10.1 Å². The summed E-state index contributed by atoms with van der Waals surface area (Å²) in [5, 5.41) is 2.76. The van der Waals surface area contributed by atoms with E-state index in [4.69, 9.17) is 0 Å². The third-order valence-electron chi connectivity index (χ3n) is 4.11. The molecule has 22 heavy (non-hydrogen) atoms. The van der Waals surface area contributed by atoms with Crippen molar-refractivity contribution in [3.63, 3.8) is 0 Å². The highest BCUT2D eigenvalue weighted by molar-refractivity contribution is 5.92. The lowest BCUT2D eigenvalue weighted by molar-refractivity contribution is -0.137. The lowest BCUT2D eigenvalue weighted by atomic mass is 9.95. The molecule has 0 saturated carbocycles. The van der Waals surface area contributed by atoms with Crippen LogP contribution in [0.3, 0.4) is 0 Å². The van der Waals surface area contributed by atoms with E-state index in [-0.39, 0.29) is 29.5 Å². The number of anilines is 1. The molecule has 5 heteroatoms. The Hall–Kier alpha value is -1.91. The predicted octanol–water partition coefficient (Wildman–Crippen LogP) is 2.97. The van der Waals surface area contributed by atoms with Gasteiger partial charge in [-0.05, 0) is 37.5 Å². The number of halogens is 1. The van der Waals surface area contributed by atoms with E-state index < -0.39 is 0 Å². The SMILES string of the molecule is Cc1ccc(NC(=O)C2CCN(C(=O)C(C)C)CC2)cc1F. The third kappa shape index (κ3) is 3.84. The smallest absolute Gasteiger partial charge is 0.227 e. The van der Waals surface area contributed by atoms with E-state index in [1.54, 1.807) is 19.1 Å². The van der Waals surface area contributed by atoms with Gasteiger partial charge in [-0.2, -0.15) is 0 Å². The van der Waals surface area contributed by atoms with Crippen molar-refractivity contribution in [1.29, 1.82) is 0 Å². The van der Waals surface area contributed by atoms with Crippen LogP contribution >= 0.6 is 0 Å². The molecule has 1 aromatic rings. The topological polar surface area (TPSA) is 49.4 Å². The summed E-state index contributed by atoms with van der Waals surface area (Å²) in [7, 11) is 0. The van der Waals surface area contributed by atoms with Crippen molar-refractivity contribution >= 4 is 17.5 Å². The van der Waals surface area contributed by atoms with Gasteiger partial charge in [0, 0.05) is 30.6 Å². The van der Waals surface area contributed by atoms with Crippen LogP contribution in [-0.2, 0) is 9.59 Å². The van der Waals surface area contributed by atoms with E-state index in [9.17, 15) is 14.0 Å². The van der Waals surface area contributed by atoms with E-state index in [0.29, 0.717) is 37.2 Å². The Morgan fingerprint density at radius 1 is 1.27 bits per heavy atom. The molecular weight excluding hydrogens is 283 g/mol. The first-order valence-corrected chi connectivity index (χ1v) is 7.74. The maximum absolute atomic E-state index is 13.5. The Morgan fingerprint density at radius 3 is 2.45 bits per heavy atom. The first-order chi connectivity index (χ1) is 10.4. The summed E-state index contributed by atoms with van der Waals surface area (Å²) in [5.41, 5.74) is 1.03. The molecule has 2 amide bonds. The molecule has 1 saturated heterocycles. The average molecular weight is 306 g/mol. The molecule has 0 aliphatic carbocycles. The number of aryl methyl sites for hydroxylation is 1. The van der Waals surface area contributed by atoms with Crippen LogP contribution in [-0.4, -0.2) is 29.8 Å². The normalized spacial score (nSPS) is 16.0. The summed E-state index contributed by atoms with van der Waals surface area (Å²) >= 11 is 0. The molecule has 120 valence electrons. The van der Waals surface area contributed by atoms with Gasteiger partial charge in [0.15, 0.2) is 0 Å². The fraction of sp³-hybridized carbons (Fsp3) is 0.529. The van der Waals surface area contributed by atoms with E-state index >= 15 is 0 Å². The molecular formula is C17H23FN2O2. The fourth-order valence-electron chi connectivity index (χ4n) is 2.64. The van der Waals surface area contributed by atoms with Gasteiger partial charge in [0.2, 0.25) is 11.8 Å². The molecule has 1 aromatic carbocycles. The third-order valence-corrected chi connectivity index (χ3v) is 4.11. The second-order valence-electron chi connectivity index (χ2n) is 6.21. The van der Waals surface area contributed by atoms with Crippen LogP contribution in [0.2, 0.25) is 0 Å². The number of piperidine rings is 1. The molecule has 1 fully saturated rings. The van der Waals surface area contributed by atoms with E-state index in [0.717, 1.165) is 0 Å². The van der Waals surface area contributed by atoms with Crippen molar-refractivity contribution < 1.29 is 14.0 Å². The largest absolute Gasteiger partial charge is 0.342 e. The van der Waals surface area contributed by atoms with Gasteiger partial charge in [0.25, 0.3) is 0 Å². The summed E-state index contributed by atoms with van der Waals surface area (Å²) in [6.07, 6.45) is 1.30. The number of carbonyl (C=O) groups is 2. The number of rotatable bonds is 3. The number of nitrogens with zero attached hydrogens (tertiary/aromatic N) is 1. The zero-order valence-electron chi connectivity index (χ0n) is 13.4. The number of likely N-dealkylation sites (tertiary alicyclic amines) is 1. The van der Waals surface area contributed by atoms with Crippen LogP contribution in [0.1, 0.15) is 32.3 Å². The summed E-state index contributed by atoms with van der Waals surface area (Å²) in [5.74, 6) is -0.420. The predicted molar refractivity (Wildman–Crippen MR) is 83.9 cm³/mol. The minimum atomic E-state index is -0.324. The van der Waals surface area contributed by atoms with Gasteiger partial charge < -0.3 is 10.2 Å². The van der Waals surface area contributed by atoms with Crippen molar-refractivity contribution in [2.24, 2.45) is 11.8 Å². The minimum Gasteiger partial charge on any atom is -0.342 e. The second kappa shape index (κ2) is 6.90. The van der Waals surface area contributed by atoms with Crippen molar-refractivity contribution in [3.05, 3.63) is 29.6 Å². The van der Waals surface area contributed by atoms with Gasteiger partial charge in [0.1, 0.15) is 5.82 Å². The molecule has 0 atom stereocenters. The first kappa shape index (κ1) is 16.5. The van der Waals surface area contributed by atoms with E-state index in [1.807, 2.05) is 18.7 Å². The first-order valence-electron chi connectivity index (χ1n) is 7.74. The Kier molecular flexibility index (Phi) is 5.16. The molecule has 1 aliphatic rings. The molecule has 0 radical (unpaired) electrons. The zero-order valence-corrected chi connectivity index (χ0v) is 13.4. The van der Waals surface area contributed by atoms with Crippen molar-refractivity contribution in [3.8, 4) is 0 Å². The van der Waals surface area contributed by atoms with Crippen molar-refractivity contribution in [2.45, 2.75) is 33.6 Å². The summed E-state index contributed by atoms with van der Waals surface area (Å²) in [6.45, 7) is 6.66. The van der Waals surface area contributed by atoms with Crippen molar-refractivity contribution in [1.82, 2.24) is 4.90 Å². The van der Waals surface area contributed by atoms with Crippen LogP contribution in [0.5, 0.6) is 0 Å². The van der Waals surface area contributed by atoms with Crippen molar-refractivity contribution in [2.75, 3.05) is 18.4 Å². The maximum Gasteiger partial charge on any atom is 0.227 e. The van der Waals surface area contributed by atoms with Gasteiger partial charge in [-0.3, -0.25) is 9.59 Å². The number of hydrogen-bond acceptors (Lipinski definition) is 2. The van der Waals surface area contributed by atoms with Gasteiger partial charge in [0.05, 0.1) is 0 Å². The molecule has 0 aromatic heterocycles. The van der Waals surface area contributed by atoms with Gasteiger partial charge >= 0.3 is 0 Å². The highest BCUT2D eigenvalue weighted by Crippen LogP contribution is 2.21. The van der Waals surface area contributed by atoms with Crippen LogP contribution in [0.15, 0.2) is 18.2 Å². The number of carbonyl (C=O) groups excluding carboxylic acids is 2. The Bertz CT molecular complexity index is 564. The highest BCUT2D eigenvalue weighted by Gasteiger charge is 2.28. The number of nitrogens with one attached hydrogen (secondary N) is 1. The summed E-state index contributed by atoms with van der Waals surface area (Å²) in [6, 6.07) is 4.69. The van der Waals surface area contributed by atoms with E-state index in [1.165, 1.54) is 6.07 Å². The lowest BCUT2D eigenvalue weighted by Gasteiger charge is -2.32. The van der Waals surface area contributed by atoms with Gasteiger partial charge in [-0.1, -0.05) is 19.9 Å². The molecule has 1 N–H and O–H groups in total. The van der Waals surface area contributed by atoms with Gasteiger partial charge in [-0.25, -0.2) is 4.39 Å². The molecule has 1 heterocycles. The standard InChI is InChI=1S/C17H23FN2O2/c1-11(2)17(22)20-8-6-13(7-9-20)16(21)19-14-5-4-12(3)15(18)10-14/h4-5,10-11,13H,6-9H2,1-3H3,(H,19,21). The van der Waals surface area contributed by atoms with E-state index in [2.05, 4.69) is 5.32 Å². The molecule has 0 bridgehead atoms.